The minimum atomic E-state index is -3.57. The molecule has 7 nitrogen and oxygen atoms in total. The van der Waals surface area contributed by atoms with Crippen molar-refractivity contribution in [3.63, 3.8) is 0 Å². The molecule has 0 unspecified atom stereocenters. The first kappa shape index (κ1) is 12.4. The van der Waals surface area contributed by atoms with E-state index in [2.05, 4.69) is 9.71 Å². The first-order valence-corrected chi connectivity index (χ1v) is 6.66. The number of carboxylic acid groups (broad SMARTS) is 1. The van der Waals surface area contributed by atoms with Gasteiger partial charge in [-0.15, -0.1) is 4.40 Å². The van der Waals surface area contributed by atoms with Crippen molar-refractivity contribution in [3.05, 3.63) is 29.3 Å². The number of sulfonamides is 1. The Morgan fingerprint density at radius 1 is 1.50 bits per heavy atom. The van der Waals surface area contributed by atoms with E-state index in [9.17, 15) is 13.2 Å². The zero-order valence-electron chi connectivity index (χ0n) is 9.25. The van der Waals surface area contributed by atoms with Crippen molar-refractivity contribution < 1.29 is 18.3 Å². The zero-order chi connectivity index (χ0) is 13.3. The van der Waals surface area contributed by atoms with Gasteiger partial charge in [0.2, 0.25) is 0 Å². The third-order valence-electron chi connectivity index (χ3n) is 2.41. The van der Waals surface area contributed by atoms with Crippen LogP contribution >= 0.6 is 0 Å². The second-order valence-electron chi connectivity index (χ2n) is 3.79. The summed E-state index contributed by atoms with van der Waals surface area (Å²) in [6.45, 7) is -0.281. The molecule has 0 spiro atoms. The molecule has 1 heterocycles. The number of aliphatic carboxylic acids is 1. The molecule has 1 aliphatic rings. The minimum Gasteiger partial charge on any atom is -0.480 e. The summed E-state index contributed by atoms with van der Waals surface area (Å²) < 4.78 is 26.3. The van der Waals surface area contributed by atoms with Crippen molar-refractivity contribution in [2.45, 2.75) is 5.75 Å². The molecule has 0 aliphatic carbocycles. The standard InChI is InChI=1S/C10H11N3O4S/c11-10-9-6(5-18(16,17)13-10)2-1-3-7(9)12-4-8(14)15/h1-3,12H,4-5H2,(H2,11,13)(H,14,15). The van der Waals surface area contributed by atoms with Gasteiger partial charge in [0.15, 0.2) is 0 Å². The van der Waals surface area contributed by atoms with E-state index in [0.717, 1.165) is 0 Å². The van der Waals surface area contributed by atoms with Gasteiger partial charge >= 0.3 is 5.97 Å². The van der Waals surface area contributed by atoms with Gasteiger partial charge in [0.25, 0.3) is 10.0 Å². The Morgan fingerprint density at radius 2 is 2.22 bits per heavy atom. The first-order valence-electron chi connectivity index (χ1n) is 5.05. The molecule has 0 saturated heterocycles. The van der Waals surface area contributed by atoms with Crippen LogP contribution in [0.25, 0.3) is 0 Å². The smallest absolute Gasteiger partial charge is 0.322 e. The van der Waals surface area contributed by atoms with E-state index in [1.165, 1.54) is 0 Å². The maximum Gasteiger partial charge on any atom is 0.322 e. The Balaban J connectivity index is 2.45. The van der Waals surface area contributed by atoms with E-state index in [1.807, 2.05) is 0 Å². The lowest BCUT2D eigenvalue weighted by atomic mass is 10.1. The molecule has 0 aromatic heterocycles. The molecule has 0 radical (unpaired) electrons. The third kappa shape index (κ3) is 2.43. The number of carboxylic acids is 1. The van der Waals surface area contributed by atoms with Gasteiger partial charge in [0.05, 0.1) is 5.75 Å². The second-order valence-corrected chi connectivity index (χ2v) is 5.42. The zero-order valence-corrected chi connectivity index (χ0v) is 10.1. The molecule has 2 rings (SSSR count). The monoisotopic (exact) mass is 269 g/mol. The molecule has 1 aromatic rings. The van der Waals surface area contributed by atoms with Crippen LogP contribution in [0, 0.1) is 0 Å². The van der Waals surface area contributed by atoms with Crippen LogP contribution in [0.4, 0.5) is 5.69 Å². The topological polar surface area (TPSA) is 122 Å². The van der Waals surface area contributed by atoms with Gasteiger partial charge in [0.1, 0.15) is 12.4 Å². The van der Waals surface area contributed by atoms with Crippen LogP contribution in [-0.4, -0.2) is 31.9 Å². The van der Waals surface area contributed by atoms with E-state index in [-0.39, 0.29) is 18.1 Å². The molecule has 1 aromatic carbocycles. The quantitative estimate of drug-likeness (QED) is 0.694. The maximum absolute atomic E-state index is 11.4. The molecule has 8 heteroatoms. The largest absolute Gasteiger partial charge is 0.480 e. The van der Waals surface area contributed by atoms with Crippen LogP contribution in [0.3, 0.4) is 0 Å². The molecule has 0 fully saturated rings. The van der Waals surface area contributed by atoms with E-state index in [4.69, 9.17) is 10.8 Å². The summed E-state index contributed by atoms with van der Waals surface area (Å²) in [5.74, 6) is -1.37. The van der Waals surface area contributed by atoms with Gasteiger partial charge in [0, 0.05) is 11.3 Å². The summed E-state index contributed by atoms with van der Waals surface area (Å²) >= 11 is 0. The summed E-state index contributed by atoms with van der Waals surface area (Å²) in [5.41, 5.74) is 7.04. The number of nitrogens with two attached hydrogens (primary N) is 1. The first-order chi connectivity index (χ1) is 8.39. The summed E-state index contributed by atoms with van der Waals surface area (Å²) in [6, 6.07) is 4.89. The predicted octanol–water partition coefficient (Wildman–Crippen LogP) is -0.268. The van der Waals surface area contributed by atoms with Crippen molar-refractivity contribution >= 4 is 27.5 Å². The average molecular weight is 269 g/mol. The van der Waals surface area contributed by atoms with Crippen LogP contribution in [0.15, 0.2) is 22.6 Å². The highest BCUT2D eigenvalue weighted by atomic mass is 32.2. The second kappa shape index (κ2) is 4.30. The Labute approximate surface area is 103 Å². The van der Waals surface area contributed by atoms with Crippen molar-refractivity contribution in [1.29, 1.82) is 0 Å². The van der Waals surface area contributed by atoms with Crippen LogP contribution < -0.4 is 11.1 Å². The Kier molecular flexibility index (Phi) is 2.95. The van der Waals surface area contributed by atoms with Gasteiger partial charge in [-0.05, 0) is 11.6 Å². The van der Waals surface area contributed by atoms with Crippen LogP contribution in [-0.2, 0) is 20.6 Å². The summed E-state index contributed by atoms with van der Waals surface area (Å²) in [5, 5.41) is 11.3. The Hall–Kier alpha value is -2.09. The number of benzene rings is 1. The summed E-state index contributed by atoms with van der Waals surface area (Å²) in [7, 11) is -3.57. The minimum absolute atomic E-state index is 0.121. The highest BCUT2D eigenvalue weighted by Crippen LogP contribution is 2.26. The van der Waals surface area contributed by atoms with Gasteiger partial charge in [-0.2, -0.15) is 0 Å². The predicted molar refractivity (Wildman–Crippen MR) is 65.9 cm³/mol. The Morgan fingerprint density at radius 3 is 2.89 bits per heavy atom. The van der Waals surface area contributed by atoms with Gasteiger partial charge < -0.3 is 16.2 Å². The van der Waals surface area contributed by atoms with Gasteiger partial charge in [-0.25, -0.2) is 8.42 Å². The molecular weight excluding hydrogens is 258 g/mol. The number of nitrogens with one attached hydrogen (secondary N) is 1. The molecule has 0 bridgehead atoms. The number of hydrogen-bond acceptors (Lipinski definition) is 5. The average Bonchev–Trinajstić information content (AvgIpc) is 2.23. The number of hydrogen-bond donors (Lipinski definition) is 3. The fourth-order valence-electron chi connectivity index (χ4n) is 1.77. The number of fused-ring (bicyclic) bond motifs is 1. The number of nitrogens with zero attached hydrogens (tertiary/aromatic N) is 1. The summed E-state index contributed by atoms with van der Waals surface area (Å²) in [4.78, 5) is 10.5. The maximum atomic E-state index is 11.4. The van der Waals surface area contributed by atoms with Gasteiger partial charge in [-0.3, -0.25) is 4.79 Å². The van der Waals surface area contributed by atoms with Crippen LogP contribution in [0.1, 0.15) is 11.1 Å². The third-order valence-corrected chi connectivity index (χ3v) is 3.56. The lowest BCUT2D eigenvalue weighted by Crippen LogP contribution is -2.26. The molecule has 0 atom stereocenters. The molecule has 0 saturated carbocycles. The molecule has 96 valence electrons. The molecule has 0 amide bonds. The van der Waals surface area contributed by atoms with E-state index in [0.29, 0.717) is 16.8 Å². The highest BCUT2D eigenvalue weighted by Gasteiger charge is 2.24. The fraction of sp³-hybridized carbons (Fsp3) is 0.200. The summed E-state index contributed by atoms with van der Waals surface area (Å²) in [6.07, 6.45) is 0. The van der Waals surface area contributed by atoms with Crippen molar-refractivity contribution in [1.82, 2.24) is 0 Å². The van der Waals surface area contributed by atoms with Crippen LogP contribution in [0.2, 0.25) is 0 Å². The van der Waals surface area contributed by atoms with E-state index >= 15 is 0 Å². The van der Waals surface area contributed by atoms with E-state index < -0.39 is 16.0 Å². The van der Waals surface area contributed by atoms with Gasteiger partial charge in [-0.1, -0.05) is 12.1 Å². The number of carbonyl (C=O) groups is 1. The molecule has 18 heavy (non-hydrogen) atoms. The van der Waals surface area contributed by atoms with Crippen molar-refractivity contribution in [3.8, 4) is 0 Å². The number of amidine groups is 1. The number of rotatable bonds is 3. The molecule has 4 N–H and O–H groups in total. The fourth-order valence-corrected chi connectivity index (χ4v) is 2.85. The number of anilines is 1. The van der Waals surface area contributed by atoms with E-state index in [1.54, 1.807) is 18.2 Å². The lowest BCUT2D eigenvalue weighted by molar-refractivity contribution is -0.134. The van der Waals surface area contributed by atoms with Crippen molar-refractivity contribution in [2.75, 3.05) is 11.9 Å². The SMILES string of the molecule is NC1=NS(=O)(=O)Cc2cccc(NCC(=O)O)c21. The lowest BCUT2D eigenvalue weighted by Gasteiger charge is -2.18. The van der Waals surface area contributed by atoms with Crippen LogP contribution in [0.5, 0.6) is 0 Å². The Bertz CT molecular complexity index is 637. The molecule has 1 aliphatic heterocycles. The van der Waals surface area contributed by atoms with Crippen molar-refractivity contribution in [2.24, 2.45) is 10.1 Å². The molecular formula is C10H11N3O4S. The highest BCUT2D eigenvalue weighted by molar-refractivity contribution is 7.89. The normalized spacial score (nSPS) is 16.6.